The van der Waals surface area contributed by atoms with Crippen LogP contribution in [0.15, 0.2) is 0 Å². The van der Waals surface area contributed by atoms with Crippen LogP contribution in [-0.4, -0.2) is 68.0 Å². The van der Waals surface area contributed by atoms with Gasteiger partial charge in [-0.1, -0.05) is 6.42 Å². The number of carbonyl (C=O) groups is 1. The summed E-state index contributed by atoms with van der Waals surface area (Å²) < 4.78 is 27.3. The molecule has 2 heterocycles. The van der Waals surface area contributed by atoms with Gasteiger partial charge >= 0.3 is 0 Å². The van der Waals surface area contributed by atoms with E-state index < -0.39 is 10.0 Å². The summed E-state index contributed by atoms with van der Waals surface area (Å²) in [7, 11) is -3.22. The van der Waals surface area contributed by atoms with E-state index in [1.807, 2.05) is 0 Å². The second-order valence-electron chi connectivity index (χ2n) is 11.2. The predicted molar refractivity (Wildman–Crippen MR) is 122 cm³/mol. The molecule has 3 aliphatic carbocycles. The maximum absolute atomic E-state index is 13.0. The number of carbonyl (C=O) groups excluding carboxylic acids is 1. The molecule has 3 saturated carbocycles. The highest BCUT2D eigenvalue weighted by Gasteiger charge is 2.46. The fourth-order valence-electron chi connectivity index (χ4n) is 7.49. The van der Waals surface area contributed by atoms with Gasteiger partial charge in [-0.3, -0.25) is 4.79 Å². The van der Waals surface area contributed by atoms with Crippen molar-refractivity contribution >= 4 is 15.9 Å². The van der Waals surface area contributed by atoms with E-state index in [0.717, 1.165) is 37.3 Å². The Morgan fingerprint density at radius 3 is 2.29 bits per heavy atom. The average molecular weight is 452 g/mol. The van der Waals surface area contributed by atoms with Crippen molar-refractivity contribution in [1.82, 2.24) is 14.5 Å². The number of amides is 1. The van der Waals surface area contributed by atoms with E-state index in [1.54, 1.807) is 4.31 Å². The molecule has 2 aliphatic heterocycles. The molecule has 5 atom stereocenters. The number of hydrogen-bond acceptors (Lipinski definition) is 4. The molecule has 0 spiro atoms. The second kappa shape index (κ2) is 9.30. The minimum Gasteiger partial charge on any atom is -0.353 e. The van der Waals surface area contributed by atoms with Crippen molar-refractivity contribution in [3.8, 4) is 0 Å². The van der Waals surface area contributed by atoms with Gasteiger partial charge in [-0.2, -0.15) is 0 Å². The molecule has 176 valence electrons. The SMILES string of the molecule is O=C(NC1CC[C@@H]2C[C@H]3CC1C[C@H]2C3)C1CCN(S(=O)(=O)CCN2CCCCC2)CC1. The van der Waals surface area contributed by atoms with Gasteiger partial charge in [0.25, 0.3) is 0 Å². The predicted octanol–water partition coefficient (Wildman–Crippen LogP) is 2.85. The van der Waals surface area contributed by atoms with Gasteiger partial charge in [0.1, 0.15) is 0 Å². The first-order valence-electron chi connectivity index (χ1n) is 13.0. The first kappa shape index (κ1) is 22.1. The molecule has 2 unspecified atom stereocenters. The first-order valence-corrected chi connectivity index (χ1v) is 14.6. The summed E-state index contributed by atoms with van der Waals surface area (Å²) >= 11 is 0. The summed E-state index contributed by atoms with van der Waals surface area (Å²) in [6.07, 6.45) is 12.9. The lowest BCUT2D eigenvalue weighted by Crippen LogP contribution is -2.48. The van der Waals surface area contributed by atoms with Gasteiger partial charge in [-0.25, -0.2) is 12.7 Å². The van der Waals surface area contributed by atoms with Crippen LogP contribution >= 0.6 is 0 Å². The largest absolute Gasteiger partial charge is 0.353 e. The van der Waals surface area contributed by atoms with Gasteiger partial charge in [0.15, 0.2) is 0 Å². The summed E-state index contributed by atoms with van der Waals surface area (Å²) in [6, 6.07) is 0.356. The van der Waals surface area contributed by atoms with E-state index in [-0.39, 0.29) is 17.6 Å². The highest BCUT2D eigenvalue weighted by molar-refractivity contribution is 7.89. The Bertz CT molecular complexity index is 743. The van der Waals surface area contributed by atoms with Crippen LogP contribution in [0.3, 0.4) is 0 Å². The Morgan fingerprint density at radius 1 is 0.806 bits per heavy atom. The molecule has 5 rings (SSSR count). The summed E-state index contributed by atoms with van der Waals surface area (Å²) in [5.41, 5.74) is 0. The zero-order valence-electron chi connectivity index (χ0n) is 19.0. The standard InChI is InChI=1S/C24H41N3O3S/c28-24(25-23-5-4-20-14-18-15-21(20)17-22(23)16-18)19-6-10-27(11-7-19)31(29,30)13-12-26-8-2-1-3-9-26/h18-23H,1-17H2,(H,25,28)/t18-,20-,21-,22?,23?/m1/s1. The summed E-state index contributed by atoms with van der Waals surface area (Å²) in [4.78, 5) is 15.3. The molecule has 31 heavy (non-hydrogen) atoms. The molecule has 0 radical (unpaired) electrons. The Labute approximate surface area is 188 Å². The van der Waals surface area contributed by atoms with E-state index in [4.69, 9.17) is 0 Å². The number of piperidine rings is 2. The molecule has 7 heteroatoms. The van der Waals surface area contributed by atoms with Gasteiger partial charge in [0.05, 0.1) is 5.75 Å². The highest BCUT2D eigenvalue weighted by atomic mass is 32.2. The highest BCUT2D eigenvalue weighted by Crippen LogP contribution is 2.53. The Kier molecular flexibility index (Phi) is 6.64. The minimum atomic E-state index is -3.22. The van der Waals surface area contributed by atoms with Crippen molar-refractivity contribution in [2.75, 3.05) is 38.5 Å². The Morgan fingerprint density at radius 2 is 1.52 bits per heavy atom. The number of rotatable bonds is 6. The van der Waals surface area contributed by atoms with E-state index in [1.165, 1.54) is 51.4 Å². The second-order valence-corrected chi connectivity index (χ2v) is 13.3. The van der Waals surface area contributed by atoms with Crippen molar-refractivity contribution in [1.29, 1.82) is 0 Å². The number of likely N-dealkylation sites (tertiary alicyclic amines) is 1. The summed E-state index contributed by atoms with van der Waals surface area (Å²) in [5.74, 6) is 3.80. The van der Waals surface area contributed by atoms with Gasteiger partial charge in [-0.05, 0) is 101 Å². The first-order chi connectivity index (χ1) is 15.0. The summed E-state index contributed by atoms with van der Waals surface area (Å²) in [5, 5.41) is 3.43. The number of hydrogen-bond donors (Lipinski definition) is 1. The molecule has 1 amide bonds. The molecule has 5 fully saturated rings. The Hall–Kier alpha value is -0.660. The zero-order valence-corrected chi connectivity index (χ0v) is 19.8. The van der Waals surface area contributed by atoms with Crippen LogP contribution < -0.4 is 5.32 Å². The molecule has 6 nitrogen and oxygen atoms in total. The molecule has 1 N–H and O–H groups in total. The fraction of sp³-hybridized carbons (Fsp3) is 0.958. The number of nitrogens with zero attached hydrogens (tertiary/aromatic N) is 2. The van der Waals surface area contributed by atoms with Crippen LogP contribution in [0.25, 0.3) is 0 Å². The molecule has 0 aromatic heterocycles. The quantitative estimate of drug-likeness (QED) is 0.674. The van der Waals surface area contributed by atoms with Gasteiger partial charge in [-0.15, -0.1) is 0 Å². The topological polar surface area (TPSA) is 69.7 Å². The normalized spacial score (nSPS) is 37.6. The Balaban J connectivity index is 1.09. The van der Waals surface area contributed by atoms with Crippen LogP contribution in [0.2, 0.25) is 0 Å². The van der Waals surface area contributed by atoms with Gasteiger partial charge in [0, 0.05) is 31.6 Å². The maximum Gasteiger partial charge on any atom is 0.223 e. The third-order valence-corrected chi connectivity index (χ3v) is 11.1. The van der Waals surface area contributed by atoms with Crippen LogP contribution in [0.4, 0.5) is 0 Å². The molecule has 0 aromatic rings. The van der Waals surface area contributed by atoms with Crippen molar-refractivity contribution < 1.29 is 13.2 Å². The molecule has 0 aromatic carbocycles. The maximum atomic E-state index is 13.0. The smallest absolute Gasteiger partial charge is 0.223 e. The average Bonchev–Trinajstić information content (AvgIpc) is 3.02. The lowest BCUT2D eigenvalue weighted by Gasteiger charge is -2.35. The monoisotopic (exact) mass is 451 g/mol. The van der Waals surface area contributed by atoms with Crippen LogP contribution in [0, 0.1) is 29.6 Å². The minimum absolute atomic E-state index is 0.0225. The van der Waals surface area contributed by atoms with E-state index in [0.29, 0.717) is 44.4 Å². The lowest BCUT2D eigenvalue weighted by atomic mass is 9.77. The molecule has 2 saturated heterocycles. The molecule has 3 bridgehead atoms. The summed E-state index contributed by atoms with van der Waals surface area (Å²) in [6.45, 7) is 3.71. The zero-order chi connectivity index (χ0) is 21.4. The van der Waals surface area contributed by atoms with Crippen LogP contribution in [-0.2, 0) is 14.8 Å². The van der Waals surface area contributed by atoms with Crippen molar-refractivity contribution in [2.45, 2.75) is 76.7 Å². The molecule has 5 aliphatic rings. The van der Waals surface area contributed by atoms with E-state index in [2.05, 4.69) is 10.2 Å². The molecular weight excluding hydrogens is 410 g/mol. The van der Waals surface area contributed by atoms with E-state index >= 15 is 0 Å². The third kappa shape index (κ3) is 4.98. The number of sulfonamides is 1. The van der Waals surface area contributed by atoms with Crippen LogP contribution in [0.1, 0.15) is 70.6 Å². The number of nitrogens with one attached hydrogen (secondary N) is 1. The fourth-order valence-corrected chi connectivity index (χ4v) is 9.00. The van der Waals surface area contributed by atoms with Crippen molar-refractivity contribution in [3.63, 3.8) is 0 Å². The van der Waals surface area contributed by atoms with E-state index in [9.17, 15) is 13.2 Å². The molecular formula is C24H41N3O3S. The third-order valence-electron chi connectivity index (χ3n) is 9.26. The van der Waals surface area contributed by atoms with Gasteiger partial charge in [0.2, 0.25) is 15.9 Å². The van der Waals surface area contributed by atoms with Crippen LogP contribution in [0.5, 0.6) is 0 Å². The van der Waals surface area contributed by atoms with Crippen molar-refractivity contribution in [2.24, 2.45) is 29.6 Å². The van der Waals surface area contributed by atoms with Gasteiger partial charge < -0.3 is 10.2 Å². The lowest BCUT2D eigenvalue weighted by molar-refractivity contribution is -0.127. The number of fused-ring (bicyclic) bond motifs is 2. The van der Waals surface area contributed by atoms with Crippen molar-refractivity contribution in [3.05, 3.63) is 0 Å².